The average molecular weight is 306 g/mol. The Morgan fingerprint density at radius 1 is 1.17 bits per heavy atom. The molecule has 1 saturated heterocycles. The molecular weight excluding hydrogens is 288 g/mol. The number of amides is 1. The molecule has 2 fully saturated rings. The van der Waals surface area contributed by atoms with Gasteiger partial charge in [0, 0.05) is 43.7 Å². The van der Waals surface area contributed by atoms with E-state index in [-0.39, 0.29) is 5.92 Å². The van der Waals surface area contributed by atoms with Crippen LogP contribution in [0.5, 0.6) is 0 Å². The average Bonchev–Trinajstić information content (AvgIpc) is 3.45. The van der Waals surface area contributed by atoms with Crippen LogP contribution in [-0.2, 0) is 4.79 Å². The summed E-state index contributed by atoms with van der Waals surface area (Å²) in [6, 6.07) is 10.2. The third-order valence-corrected chi connectivity index (χ3v) is 4.70. The number of nitriles is 1. The number of carbonyl (C=O) groups is 1. The van der Waals surface area contributed by atoms with Crippen molar-refractivity contribution in [3.05, 3.63) is 36.0 Å². The van der Waals surface area contributed by atoms with Crippen LogP contribution < -0.4 is 4.90 Å². The Hall–Kier alpha value is -2.61. The number of pyridine rings is 1. The van der Waals surface area contributed by atoms with Gasteiger partial charge in [-0.1, -0.05) is 18.2 Å². The van der Waals surface area contributed by atoms with E-state index in [1.165, 1.54) is 0 Å². The molecule has 5 nitrogen and oxygen atoms in total. The van der Waals surface area contributed by atoms with Crippen molar-refractivity contribution in [2.45, 2.75) is 12.8 Å². The summed E-state index contributed by atoms with van der Waals surface area (Å²) >= 11 is 0. The first-order valence-electron chi connectivity index (χ1n) is 8.09. The highest BCUT2D eigenvalue weighted by Gasteiger charge is 2.35. The van der Waals surface area contributed by atoms with Crippen LogP contribution in [0.4, 0.5) is 5.69 Å². The topological polar surface area (TPSA) is 60.2 Å². The van der Waals surface area contributed by atoms with Gasteiger partial charge in [-0.25, -0.2) is 0 Å². The number of piperazine rings is 1. The van der Waals surface area contributed by atoms with Crippen LogP contribution in [-0.4, -0.2) is 42.0 Å². The van der Waals surface area contributed by atoms with Crippen LogP contribution in [0.3, 0.4) is 0 Å². The van der Waals surface area contributed by atoms with E-state index in [1.807, 2.05) is 29.2 Å². The van der Waals surface area contributed by atoms with E-state index in [4.69, 9.17) is 0 Å². The Balaban J connectivity index is 1.62. The summed E-state index contributed by atoms with van der Waals surface area (Å²) in [6.07, 6.45) is 3.75. The molecule has 0 atom stereocenters. The quantitative estimate of drug-likeness (QED) is 0.853. The summed E-state index contributed by atoms with van der Waals surface area (Å²) in [5.74, 6) is 0.586. The number of aromatic nitrogens is 1. The largest absolute Gasteiger partial charge is 0.366 e. The predicted molar refractivity (Wildman–Crippen MR) is 88.0 cm³/mol. The SMILES string of the molecule is N#Cc1cnc2ccccc2c1N1CCN(C(=O)C2CC2)CC1. The minimum atomic E-state index is 0.276. The number of hydrogen-bond donors (Lipinski definition) is 0. The highest BCUT2D eigenvalue weighted by Crippen LogP contribution is 2.33. The lowest BCUT2D eigenvalue weighted by Gasteiger charge is -2.37. The van der Waals surface area contributed by atoms with Crippen molar-refractivity contribution in [2.24, 2.45) is 5.92 Å². The highest BCUT2D eigenvalue weighted by atomic mass is 16.2. The molecular formula is C18H18N4O. The van der Waals surface area contributed by atoms with Crippen LogP contribution in [0, 0.1) is 17.2 Å². The lowest BCUT2D eigenvalue weighted by molar-refractivity contribution is -0.132. The first-order chi connectivity index (χ1) is 11.3. The normalized spacial score (nSPS) is 18.0. The number of hydrogen-bond acceptors (Lipinski definition) is 4. The van der Waals surface area contributed by atoms with Gasteiger partial charge in [-0.2, -0.15) is 5.26 Å². The Morgan fingerprint density at radius 2 is 1.91 bits per heavy atom. The van der Waals surface area contributed by atoms with Gasteiger partial charge in [0.25, 0.3) is 0 Å². The van der Waals surface area contributed by atoms with Crippen molar-refractivity contribution in [1.29, 1.82) is 5.26 Å². The number of fused-ring (bicyclic) bond motifs is 1. The molecule has 23 heavy (non-hydrogen) atoms. The molecule has 0 radical (unpaired) electrons. The molecule has 1 amide bonds. The van der Waals surface area contributed by atoms with Crippen LogP contribution >= 0.6 is 0 Å². The molecule has 0 unspecified atom stereocenters. The minimum absolute atomic E-state index is 0.276. The first-order valence-corrected chi connectivity index (χ1v) is 8.09. The summed E-state index contributed by atoms with van der Waals surface area (Å²) in [5, 5.41) is 10.5. The number of carbonyl (C=O) groups excluding carboxylic acids is 1. The molecule has 1 aliphatic heterocycles. The second-order valence-corrected chi connectivity index (χ2v) is 6.24. The van der Waals surface area contributed by atoms with Crippen LogP contribution in [0.2, 0.25) is 0 Å². The van der Waals surface area contributed by atoms with E-state index < -0.39 is 0 Å². The Morgan fingerprint density at radius 3 is 2.61 bits per heavy atom. The fraction of sp³-hybridized carbons (Fsp3) is 0.389. The maximum Gasteiger partial charge on any atom is 0.225 e. The van der Waals surface area contributed by atoms with E-state index in [0.717, 1.165) is 55.6 Å². The molecule has 5 heteroatoms. The van der Waals surface area contributed by atoms with E-state index in [0.29, 0.717) is 11.5 Å². The van der Waals surface area contributed by atoms with Gasteiger partial charge < -0.3 is 9.80 Å². The summed E-state index contributed by atoms with van der Waals surface area (Å²) < 4.78 is 0. The zero-order valence-electron chi connectivity index (χ0n) is 12.9. The molecule has 116 valence electrons. The van der Waals surface area contributed by atoms with Gasteiger partial charge in [0.15, 0.2) is 0 Å². The monoisotopic (exact) mass is 306 g/mol. The molecule has 1 aromatic carbocycles. The lowest BCUT2D eigenvalue weighted by atomic mass is 10.1. The van der Waals surface area contributed by atoms with E-state index >= 15 is 0 Å². The molecule has 0 spiro atoms. The number of nitrogens with zero attached hydrogens (tertiary/aromatic N) is 4. The number of para-hydroxylation sites is 1. The van der Waals surface area contributed by atoms with Gasteiger partial charge in [-0.3, -0.25) is 9.78 Å². The molecule has 2 heterocycles. The molecule has 0 bridgehead atoms. The molecule has 1 aliphatic carbocycles. The van der Waals surface area contributed by atoms with Gasteiger partial charge in [-0.05, 0) is 18.9 Å². The Kier molecular flexibility index (Phi) is 3.38. The fourth-order valence-corrected chi connectivity index (χ4v) is 3.29. The Bertz CT molecular complexity index is 798. The van der Waals surface area contributed by atoms with Crippen molar-refractivity contribution in [3.8, 4) is 6.07 Å². The summed E-state index contributed by atoms with van der Waals surface area (Å²) in [7, 11) is 0. The lowest BCUT2D eigenvalue weighted by Crippen LogP contribution is -2.49. The Labute approximate surface area is 135 Å². The van der Waals surface area contributed by atoms with Gasteiger partial charge >= 0.3 is 0 Å². The molecule has 1 aromatic heterocycles. The third-order valence-electron chi connectivity index (χ3n) is 4.70. The smallest absolute Gasteiger partial charge is 0.225 e. The maximum absolute atomic E-state index is 12.2. The fourth-order valence-electron chi connectivity index (χ4n) is 3.29. The summed E-state index contributed by atoms with van der Waals surface area (Å²) in [4.78, 5) is 20.7. The van der Waals surface area contributed by atoms with Gasteiger partial charge in [0.05, 0.1) is 16.8 Å². The zero-order valence-corrected chi connectivity index (χ0v) is 12.9. The van der Waals surface area contributed by atoms with Gasteiger partial charge in [0.2, 0.25) is 5.91 Å². The third kappa shape index (κ3) is 2.50. The van der Waals surface area contributed by atoms with E-state index in [9.17, 15) is 10.1 Å². The van der Waals surface area contributed by atoms with Gasteiger partial charge in [-0.15, -0.1) is 0 Å². The summed E-state index contributed by atoms with van der Waals surface area (Å²) in [5.41, 5.74) is 2.46. The van der Waals surface area contributed by atoms with Crippen molar-refractivity contribution in [2.75, 3.05) is 31.1 Å². The maximum atomic E-state index is 12.2. The molecule has 0 N–H and O–H groups in total. The predicted octanol–water partition coefficient (Wildman–Crippen LogP) is 2.17. The van der Waals surface area contributed by atoms with Crippen LogP contribution in [0.1, 0.15) is 18.4 Å². The van der Waals surface area contributed by atoms with Crippen LogP contribution in [0.25, 0.3) is 10.9 Å². The summed E-state index contributed by atoms with van der Waals surface area (Å²) in [6.45, 7) is 3.00. The van der Waals surface area contributed by atoms with Crippen molar-refractivity contribution < 1.29 is 4.79 Å². The minimum Gasteiger partial charge on any atom is -0.366 e. The number of anilines is 1. The van der Waals surface area contributed by atoms with Crippen molar-refractivity contribution in [3.63, 3.8) is 0 Å². The standard InChI is InChI=1S/C18H18N4O/c19-11-14-12-20-16-4-2-1-3-15(16)17(14)21-7-9-22(10-8-21)18(23)13-5-6-13/h1-4,12-13H,5-10H2. The first kappa shape index (κ1) is 14.0. The number of rotatable bonds is 2. The van der Waals surface area contributed by atoms with Gasteiger partial charge in [0.1, 0.15) is 6.07 Å². The van der Waals surface area contributed by atoms with Crippen molar-refractivity contribution in [1.82, 2.24) is 9.88 Å². The molecule has 1 saturated carbocycles. The highest BCUT2D eigenvalue weighted by molar-refractivity contribution is 5.94. The number of benzene rings is 1. The van der Waals surface area contributed by atoms with E-state index in [1.54, 1.807) is 6.20 Å². The van der Waals surface area contributed by atoms with Crippen molar-refractivity contribution >= 4 is 22.5 Å². The van der Waals surface area contributed by atoms with E-state index in [2.05, 4.69) is 16.0 Å². The second-order valence-electron chi connectivity index (χ2n) is 6.24. The zero-order chi connectivity index (χ0) is 15.8. The molecule has 4 rings (SSSR count). The second kappa shape index (κ2) is 5.54. The molecule has 2 aromatic rings. The van der Waals surface area contributed by atoms with Crippen LogP contribution in [0.15, 0.2) is 30.5 Å². The molecule has 2 aliphatic rings.